The normalized spacial score (nSPS) is 12.8. The summed E-state index contributed by atoms with van der Waals surface area (Å²) in [6.07, 6.45) is 3.43. The summed E-state index contributed by atoms with van der Waals surface area (Å²) in [7, 11) is 1.80. The summed E-state index contributed by atoms with van der Waals surface area (Å²) in [5.41, 5.74) is 7.24. The van der Waals surface area contributed by atoms with E-state index in [4.69, 9.17) is 5.73 Å². The van der Waals surface area contributed by atoms with Gasteiger partial charge in [-0.25, -0.2) is 4.39 Å². The third-order valence-electron chi connectivity index (χ3n) is 2.40. The predicted octanol–water partition coefficient (Wildman–Crippen LogP) is 2.37. The van der Waals surface area contributed by atoms with Crippen molar-refractivity contribution in [2.45, 2.75) is 6.04 Å². The van der Waals surface area contributed by atoms with Crippen LogP contribution in [0.5, 0.6) is 0 Å². The van der Waals surface area contributed by atoms with Crippen LogP contribution in [0.25, 0.3) is 0 Å². The maximum absolute atomic E-state index is 13.8. The molecule has 0 radical (unpaired) electrons. The van der Waals surface area contributed by atoms with Crippen molar-refractivity contribution in [3.05, 3.63) is 52.0 Å². The van der Waals surface area contributed by atoms with Crippen LogP contribution >= 0.6 is 15.9 Å². The van der Waals surface area contributed by atoms with Crippen LogP contribution in [0, 0.1) is 5.82 Å². The van der Waals surface area contributed by atoms with Crippen LogP contribution in [-0.2, 0) is 7.05 Å². The van der Waals surface area contributed by atoms with Crippen molar-refractivity contribution in [1.29, 1.82) is 0 Å². The van der Waals surface area contributed by atoms with E-state index >= 15 is 0 Å². The van der Waals surface area contributed by atoms with Gasteiger partial charge in [-0.3, -0.25) is 4.68 Å². The van der Waals surface area contributed by atoms with Gasteiger partial charge in [-0.05, 0) is 22.0 Å². The highest BCUT2D eigenvalue weighted by Crippen LogP contribution is 2.26. The molecule has 1 unspecified atom stereocenters. The van der Waals surface area contributed by atoms with Crippen LogP contribution in [0.2, 0.25) is 0 Å². The zero-order valence-corrected chi connectivity index (χ0v) is 10.3. The average molecular weight is 284 g/mol. The molecule has 0 fully saturated rings. The molecule has 0 aliphatic carbocycles. The molecule has 1 atom stereocenters. The molecule has 0 saturated heterocycles. The van der Waals surface area contributed by atoms with Gasteiger partial charge in [0.1, 0.15) is 5.82 Å². The third-order valence-corrected chi connectivity index (χ3v) is 3.01. The lowest BCUT2D eigenvalue weighted by atomic mass is 10.0. The molecule has 5 heteroatoms. The van der Waals surface area contributed by atoms with Crippen molar-refractivity contribution in [1.82, 2.24) is 9.78 Å². The van der Waals surface area contributed by atoms with Gasteiger partial charge in [0.2, 0.25) is 0 Å². The molecular formula is C11H11BrFN3. The summed E-state index contributed by atoms with van der Waals surface area (Å²) in [6, 6.07) is 4.59. The molecule has 0 spiro atoms. The maximum atomic E-state index is 13.8. The van der Waals surface area contributed by atoms with E-state index in [2.05, 4.69) is 21.0 Å². The lowest BCUT2D eigenvalue weighted by molar-refractivity contribution is 0.593. The van der Waals surface area contributed by atoms with E-state index in [-0.39, 0.29) is 5.82 Å². The molecule has 2 rings (SSSR count). The van der Waals surface area contributed by atoms with Gasteiger partial charge < -0.3 is 5.73 Å². The van der Waals surface area contributed by atoms with Crippen molar-refractivity contribution in [2.75, 3.05) is 0 Å². The highest BCUT2D eigenvalue weighted by atomic mass is 79.9. The van der Waals surface area contributed by atoms with Gasteiger partial charge in [-0.2, -0.15) is 5.10 Å². The molecule has 16 heavy (non-hydrogen) atoms. The van der Waals surface area contributed by atoms with Crippen molar-refractivity contribution in [3.63, 3.8) is 0 Å². The standard InChI is InChI=1S/C11H11BrFN3/c1-16-6-7(5-15-16)11(14)8-3-2-4-9(12)10(8)13/h2-6,11H,14H2,1H3. The Morgan fingerprint density at radius 3 is 2.88 bits per heavy atom. The molecule has 1 aromatic carbocycles. The fourth-order valence-electron chi connectivity index (χ4n) is 1.54. The monoisotopic (exact) mass is 283 g/mol. The molecule has 0 aliphatic rings. The summed E-state index contributed by atoms with van der Waals surface area (Å²) in [5, 5.41) is 4.02. The minimum absolute atomic E-state index is 0.321. The highest BCUT2D eigenvalue weighted by Gasteiger charge is 2.16. The van der Waals surface area contributed by atoms with Gasteiger partial charge in [-0.15, -0.1) is 0 Å². The summed E-state index contributed by atoms with van der Waals surface area (Å²) in [5.74, 6) is -0.321. The minimum Gasteiger partial charge on any atom is -0.320 e. The first-order valence-corrected chi connectivity index (χ1v) is 5.57. The predicted molar refractivity (Wildman–Crippen MR) is 63.3 cm³/mol. The molecule has 0 aliphatic heterocycles. The van der Waals surface area contributed by atoms with E-state index in [1.54, 1.807) is 42.3 Å². The van der Waals surface area contributed by atoms with Gasteiger partial charge in [0.15, 0.2) is 0 Å². The van der Waals surface area contributed by atoms with Crippen LogP contribution in [-0.4, -0.2) is 9.78 Å². The van der Waals surface area contributed by atoms with Crippen molar-refractivity contribution < 1.29 is 4.39 Å². The summed E-state index contributed by atoms with van der Waals surface area (Å²) in [6.45, 7) is 0. The van der Waals surface area contributed by atoms with E-state index in [0.29, 0.717) is 10.0 Å². The Bertz CT molecular complexity index is 510. The average Bonchev–Trinajstić information content (AvgIpc) is 2.68. The third kappa shape index (κ3) is 2.01. The van der Waals surface area contributed by atoms with Gasteiger partial charge in [-0.1, -0.05) is 12.1 Å². The molecule has 2 N–H and O–H groups in total. The van der Waals surface area contributed by atoms with Crippen molar-refractivity contribution in [2.24, 2.45) is 12.8 Å². The van der Waals surface area contributed by atoms with Gasteiger partial charge in [0, 0.05) is 24.4 Å². The zero-order valence-electron chi connectivity index (χ0n) is 8.69. The second-order valence-corrected chi connectivity index (χ2v) is 4.42. The zero-order chi connectivity index (χ0) is 11.7. The molecular weight excluding hydrogens is 273 g/mol. The highest BCUT2D eigenvalue weighted by molar-refractivity contribution is 9.10. The van der Waals surface area contributed by atoms with Gasteiger partial charge >= 0.3 is 0 Å². The lowest BCUT2D eigenvalue weighted by Crippen LogP contribution is -2.13. The number of hydrogen-bond donors (Lipinski definition) is 1. The Morgan fingerprint density at radius 1 is 1.50 bits per heavy atom. The Hall–Kier alpha value is -1.20. The number of rotatable bonds is 2. The summed E-state index contributed by atoms with van der Waals surface area (Å²) in [4.78, 5) is 0. The van der Waals surface area contributed by atoms with Crippen LogP contribution in [0.4, 0.5) is 4.39 Å². The first-order valence-electron chi connectivity index (χ1n) is 4.77. The van der Waals surface area contributed by atoms with Crippen LogP contribution < -0.4 is 5.73 Å². The first-order chi connectivity index (χ1) is 7.59. The van der Waals surface area contributed by atoms with Crippen molar-refractivity contribution in [3.8, 4) is 0 Å². The quantitative estimate of drug-likeness (QED) is 0.920. The van der Waals surface area contributed by atoms with E-state index in [1.807, 2.05) is 0 Å². The number of halogens is 2. The molecule has 0 saturated carbocycles. The number of nitrogens with zero attached hydrogens (tertiary/aromatic N) is 2. The Morgan fingerprint density at radius 2 is 2.25 bits per heavy atom. The van der Waals surface area contributed by atoms with E-state index < -0.39 is 6.04 Å². The fourth-order valence-corrected chi connectivity index (χ4v) is 1.92. The van der Waals surface area contributed by atoms with E-state index in [1.165, 1.54) is 0 Å². The maximum Gasteiger partial charge on any atom is 0.142 e. The number of aryl methyl sites for hydroxylation is 1. The summed E-state index contributed by atoms with van der Waals surface area (Å²) >= 11 is 3.14. The SMILES string of the molecule is Cn1cc(C(N)c2cccc(Br)c2F)cn1. The molecule has 2 aromatic rings. The number of aromatic nitrogens is 2. The largest absolute Gasteiger partial charge is 0.320 e. The lowest BCUT2D eigenvalue weighted by Gasteiger charge is -2.11. The molecule has 84 valence electrons. The number of hydrogen-bond acceptors (Lipinski definition) is 2. The van der Waals surface area contributed by atoms with Crippen LogP contribution in [0.3, 0.4) is 0 Å². The second-order valence-electron chi connectivity index (χ2n) is 3.57. The van der Waals surface area contributed by atoms with Crippen molar-refractivity contribution >= 4 is 15.9 Å². The molecule has 1 heterocycles. The van der Waals surface area contributed by atoms with Gasteiger partial charge in [0.25, 0.3) is 0 Å². The van der Waals surface area contributed by atoms with Crippen LogP contribution in [0.15, 0.2) is 35.1 Å². The minimum atomic E-state index is -0.494. The molecule has 0 bridgehead atoms. The molecule has 0 amide bonds. The topological polar surface area (TPSA) is 43.8 Å². The van der Waals surface area contributed by atoms with Gasteiger partial charge in [0.05, 0.1) is 16.7 Å². The molecule has 3 nitrogen and oxygen atoms in total. The molecule has 1 aromatic heterocycles. The summed E-state index contributed by atoms with van der Waals surface area (Å²) < 4.78 is 15.9. The number of nitrogens with two attached hydrogens (primary N) is 1. The van der Waals surface area contributed by atoms with Crippen LogP contribution in [0.1, 0.15) is 17.2 Å². The Kier molecular flexibility index (Phi) is 3.07. The number of benzene rings is 1. The first kappa shape index (κ1) is 11.3. The Balaban J connectivity index is 2.41. The Labute approximate surface area is 101 Å². The smallest absolute Gasteiger partial charge is 0.142 e. The second kappa shape index (κ2) is 4.35. The fraction of sp³-hybridized carbons (Fsp3) is 0.182. The van der Waals surface area contributed by atoms with E-state index in [0.717, 1.165) is 5.56 Å². The van der Waals surface area contributed by atoms with E-state index in [9.17, 15) is 4.39 Å².